The van der Waals surface area contributed by atoms with Gasteiger partial charge in [0.15, 0.2) is 11.5 Å². The van der Waals surface area contributed by atoms with Crippen molar-refractivity contribution in [3.8, 4) is 22.6 Å². The van der Waals surface area contributed by atoms with Crippen molar-refractivity contribution in [3.05, 3.63) is 45.4 Å². The molecule has 2 aromatic rings. The van der Waals surface area contributed by atoms with E-state index in [9.17, 15) is 5.11 Å². The van der Waals surface area contributed by atoms with Gasteiger partial charge < -0.3 is 15.2 Å². The van der Waals surface area contributed by atoms with E-state index in [2.05, 4.69) is 39.4 Å². The molecule has 0 bridgehead atoms. The Hall–Kier alpha value is -1.23. The highest BCUT2D eigenvalue weighted by atomic mass is 79.9. The van der Waals surface area contributed by atoms with Crippen LogP contribution < -0.4 is 10.1 Å². The van der Waals surface area contributed by atoms with Crippen LogP contribution in [-0.2, 0) is 12.8 Å². The van der Waals surface area contributed by atoms with Gasteiger partial charge in [-0.1, -0.05) is 22.0 Å². The number of fused-ring (bicyclic) bond motifs is 2. The minimum Gasteiger partial charge on any atom is -0.504 e. The van der Waals surface area contributed by atoms with Gasteiger partial charge in [0, 0.05) is 16.1 Å². The Labute approximate surface area is 144 Å². The van der Waals surface area contributed by atoms with Gasteiger partial charge in [-0.25, -0.2) is 0 Å². The van der Waals surface area contributed by atoms with Crippen LogP contribution in [0.15, 0.2) is 28.7 Å². The summed E-state index contributed by atoms with van der Waals surface area (Å²) < 4.78 is 6.34. The van der Waals surface area contributed by atoms with Crippen LogP contribution in [0.25, 0.3) is 11.1 Å². The first-order valence-corrected chi connectivity index (χ1v) is 7.93. The van der Waals surface area contributed by atoms with Gasteiger partial charge in [-0.3, -0.25) is 0 Å². The monoisotopic (exact) mass is 381 g/mol. The number of phenols is 1. The second-order valence-electron chi connectivity index (χ2n) is 5.64. The quantitative estimate of drug-likeness (QED) is 0.783. The highest BCUT2D eigenvalue weighted by molar-refractivity contribution is 9.10. The predicted octanol–water partition coefficient (Wildman–Crippen LogP) is 4.00. The van der Waals surface area contributed by atoms with Crippen LogP contribution in [0.1, 0.15) is 22.7 Å². The standard InChI is InChI=1S/C17H16BrNO2.ClH/c1-21-14-3-2-9-7-13-15-10(4-5-19-13)6-11(18)8-12(15)16(9)17(14)20;/h2-3,6,8,13,19-20H,4-5,7H2,1H3;1H/t13-;/m1./s1. The molecule has 0 spiro atoms. The average Bonchev–Trinajstić information content (AvgIpc) is 2.47. The van der Waals surface area contributed by atoms with Crippen molar-refractivity contribution in [2.75, 3.05) is 13.7 Å². The molecule has 2 aliphatic rings. The Balaban J connectivity index is 0.00000144. The fourth-order valence-corrected chi connectivity index (χ4v) is 4.13. The lowest BCUT2D eigenvalue weighted by Crippen LogP contribution is -2.33. The third-order valence-electron chi connectivity index (χ3n) is 4.50. The molecule has 2 N–H and O–H groups in total. The molecule has 0 fully saturated rings. The lowest BCUT2D eigenvalue weighted by atomic mass is 9.77. The normalized spacial score (nSPS) is 18.0. The third-order valence-corrected chi connectivity index (χ3v) is 4.96. The van der Waals surface area contributed by atoms with E-state index in [0.29, 0.717) is 11.8 Å². The van der Waals surface area contributed by atoms with E-state index in [1.54, 1.807) is 7.11 Å². The topological polar surface area (TPSA) is 41.5 Å². The molecule has 4 rings (SSSR count). The Kier molecular flexibility index (Phi) is 4.10. The summed E-state index contributed by atoms with van der Waals surface area (Å²) in [5.74, 6) is 0.781. The van der Waals surface area contributed by atoms with E-state index < -0.39 is 0 Å². The van der Waals surface area contributed by atoms with E-state index in [1.165, 1.54) is 16.7 Å². The van der Waals surface area contributed by atoms with Gasteiger partial charge in [0.1, 0.15) is 0 Å². The zero-order valence-electron chi connectivity index (χ0n) is 12.1. The number of benzene rings is 2. The molecule has 3 nitrogen and oxygen atoms in total. The molecule has 0 saturated heterocycles. The van der Waals surface area contributed by atoms with Crippen molar-refractivity contribution in [3.63, 3.8) is 0 Å². The second kappa shape index (κ2) is 5.76. The second-order valence-corrected chi connectivity index (χ2v) is 6.55. The molecule has 0 radical (unpaired) electrons. The molecule has 2 aromatic carbocycles. The molecular formula is C17H17BrClNO2. The lowest BCUT2D eigenvalue weighted by Gasteiger charge is -2.35. The molecule has 1 aliphatic heterocycles. The zero-order chi connectivity index (χ0) is 14.6. The number of aromatic hydroxyl groups is 1. The summed E-state index contributed by atoms with van der Waals surface area (Å²) >= 11 is 3.60. The smallest absolute Gasteiger partial charge is 0.165 e. The van der Waals surface area contributed by atoms with Crippen LogP contribution in [-0.4, -0.2) is 18.8 Å². The summed E-state index contributed by atoms with van der Waals surface area (Å²) in [4.78, 5) is 0. The van der Waals surface area contributed by atoms with E-state index >= 15 is 0 Å². The number of rotatable bonds is 1. The van der Waals surface area contributed by atoms with E-state index in [0.717, 1.165) is 35.0 Å². The SMILES string of the molecule is COc1ccc2c(c1O)-c1cc(Br)cc3c1[C@@H](C2)NCC3.Cl. The number of phenolic OH excluding ortho intramolecular Hbond substituents is 1. The van der Waals surface area contributed by atoms with Gasteiger partial charge in [0.05, 0.1) is 7.11 Å². The summed E-state index contributed by atoms with van der Waals surface area (Å²) in [5.41, 5.74) is 5.92. The van der Waals surface area contributed by atoms with Crippen molar-refractivity contribution < 1.29 is 9.84 Å². The molecule has 116 valence electrons. The summed E-state index contributed by atoms with van der Waals surface area (Å²) in [7, 11) is 1.59. The molecule has 22 heavy (non-hydrogen) atoms. The molecule has 0 saturated carbocycles. The summed E-state index contributed by atoms with van der Waals surface area (Å²) in [6, 6.07) is 8.57. The predicted molar refractivity (Wildman–Crippen MR) is 93.2 cm³/mol. The van der Waals surface area contributed by atoms with Crippen LogP contribution in [0, 0.1) is 0 Å². The van der Waals surface area contributed by atoms with Crippen molar-refractivity contribution in [1.82, 2.24) is 5.32 Å². The van der Waals surface area contributed by atoms with E-state index in [4.69, 9.17) is 4.74 Å². The summed E-state index contributed by atoms with van der Waals surface area (Å²) in [6.45, 7) is 1.00. The average molecular weight is 383 g/mol. The molecule has 1 atom stereocenters. The Morgan fingerprint density at radius 2 is 2.09 bits per heavy atom. The Morgan fingerprint density at radius 1 is 1.27 bits per heavy atom. The summed E-state index contributed by atoms with van der Waals surface area (Å²) in [6.07, 6.45) is 1.94. The Morgan fingerprint density at radius 3 is 2.86 bits per heavy atom. The van der Waals surface area contributed by atoms with Crippen LogP contribution in [0.3, 0.4) is 0 Å². The first kappa shape index (κ1) is 15.7. The molecule has 1 aliphatic carbocycles. The minimum absolute atomic E-state index is 0. The van der Waals surface area contributed by atoms with Crippen LogP contribution >= 0.6 is 28.3 Å². The van der Waals surface area contributed by atoms with E-state index in [1.807, 2.05) is 6.07 Å². The van der Waals surface area contributed by atoms with Crippen LogP contribution in [0.5, 0.6) is 11.5 Å². The van der Waals surface area contributed by atoms with E-state index in [-0.39, 0.29) is 18.2 Å². The van der Waals surface area contributed by atoms with Gasteiger partial charge in [0.25, 0.3) is 0 Å². The maximum Gasteiger partial charge on any atom is 0.165 e. The molecule has 0 aromatic heterocycles. The first-order chi connectivity index (χ1) is 10.2. The van der Waals surface area contributed by atoms with Crippen molar-refractivity contribution >= 4 is 28.3 Å². The van der Waals surface area contributed by atoms with Gasteiger partial charge in [0.2, 0.25) is 0 Å². The largest absolute Gasteiger partial charge is 0.504 e. The fraction of sp³-hybridized carbons (Fsp3) is 0.294. The number of hydrogen-bond donors (Lipinski definition) is 2. The number of hydrogen-bond acceptors (Lipinski definition) is 3. The maximum atomic E-state index is 10.6. The third kappa shape index (κ3) is 2.21. The molecule has 5 heteroatoms. The van der Waals surface area contributed by atoms with Gasteiger partial charge in [-0.05, 0) is 59.8 Å². The number of methoxy groups -OCH3 is 1. The molecular weight excluding hydrogens is 366 g/mol. The van der Waals surface area contributed by atoms with Gasteiger partial charge >= 0.3 is 0 Å². The molecule has 1 heterocycles. The Bertz CT molecular complexity index is 748. The first-order valence-electron chi connectivity index (χ1n) is 7.14. The van der Waals surface area contributed by atoms with Crippen molar-refractivity contribution in [2.24, 2.45) is 0 Å². The highest BCUT2D eigenvalue weighted by Crippen LogP contribution is 2.49. The number of halogens is 2. The number of nitrogens with one attached hydrogen (secondary N) is 1. The maximum absolute atomic E-state index is 10.6. The lowest BCUT2D eigenvalue weighted by molar-refractivity contribution is 0.373. The van der Waals surface area contributed by atoms with Gasteiger partial charge in [-0.15, -0.1) is 12.4 Å². The minimum atomic E-state index is 0. The summed E-state index contributed by atoms with van der Waals surface area (Å²) in [5, 5.41) is 14.2. The fourth-order valence-electron chi connectivity index (χ4n) is 3.63. The molecule has 0 unspecified atom stereocenters. The van der Waals surface area contributed by atoms with Gasteiger partial charge in [-0.2, -0.15) is 0 Å². The van der Waals surface area contributed by atoms with Crippen LogP contribution in [0.4, 0.5) is 0 Å². The zero-order valence-corrected chi connectivity index (χ0v) is 14.6. The van der Waals surface area contributed by atoms with Crippen molar-refractivity contribution in [1.29, 1.82) is 0 Å². The highest BCUT2D eigenvalue weighted by Gasteiger charge is 2.32. The molecule has 0 amide bonds. The van der Waals surface area contributed by atoms with Crippen LogP contribution in [0.2, 0.25) is 0 Å². The number of ether oxygens (including phenoxy) is 1. The van der Waals surface area contributed by atoms with Crippen molar-refractivity contribution in [2.45, 2.75) is 18.9 Å².